The number of halogens is 4. The number of carbonyl (C=O) groups is 2. The van der Waals surface area contributed by atoms with Crippen molar-refractivity contribution >= 4 is 23.4 Å². The van der Waals surface area contributed by atoms with E-state index in [9.17, 15) is 27.9 Å². The van der Waals surface area contributed by atoms with E-state index in [0.717, 1.165) is 0 Å². The van der Waals surface area contributed by atoms with Gasteiger partial charge in [0.05, 0.1) is 23.1 Å². The average molecular weight is 566 g/mol. The van der Waals surface area contributed by atoms with E-state index in [2.05, 4.69) is 16.1 Å². The van der Waals surface area contributed by atoms with Crippen molar-refractivity contribution in [3.8, 4) is 0 Å². The SMILES string of the molecule is O=C(COC1CCC(Cl)C(F)C1)NC12CCC(NC(=O)C3CC(C4C(F)CCCC4F)NO3)(CC1)CC2O. The lowest BCUT2D eigenvalue weighted by Crippen LogP contribution is -2.70. The van der Waals surface area contributed by atoms with Crippen molar-refractivity contribution in [3.63, 3.8) is 0 Å². The maximum Gasteiger partial charge on any atom is 0.251 e. The van der Waals surface area contributed by atoms with E-state index in [1.54, 1.807) is 0 Å². The van der Waals surface area contributed by atoms with Crippen LogP contribution in [0.25, 0.3) is 0 Å². The fraction of sp³-hybridized carbons (Fsp3) is 0.923. The molecule has 38 heavy (non-hydrogen) atoms. The molecule has 0 aromatic heterocycles. The van der Waals surface area contributed by atoms with Gasteiger partial charge in [-0.3, -0.25) is 14.4 Å². The van der Waals surface area contributed by atoms with Crippen LogP contribution in [0, 0.1) is 5.92 Å². The molecule has 0 aromatic rings. The third-order valence-electron chi connectivity index (χ3n) is 9.57. The summed E-state index contributed by atoms with van der Waals surface area (Å²) < 4.78 is 48.2. The zero-order chi connectivity index (χ0) is 27.1. The Morgan fingerprint density at radius 3 is 2.37 bits per heavy atom. The smallest absolute Gasteiger partial charge is 0.251 e. The zero-order valence-electron chi connectivity index (χ0n) is 21.5. The number of hydrogen-bond donors (Lipinski definition) is 4. The van der Waals surface area contributed by atoms with E-state index in [-0.39, 0.29) is 43.8 Å². The first-order valence-electron chi connectivity index (χ1n) is 14.0. The van der Waals surface area contributed by atoms with Crippen LogP contribution in [-0.4, -0.2) is 82.9 Å². The number of fused-ring (bicyclic) bond motifs is 3. The maximum atomic E-state index is 14.4. The van der Waals surface area contributed by atoms with E-state index in [1.165, 1.54) is 0 Å². The van der Waals surface area contributed by atoms with Gasteiger partial charge < -0.3 is 20.5 Å². The van der Waals surface area contributed by atoms with Crippen molar-refractivity contribution in [1.82, 2.24) is 16.1 Å². The molecule has 1 aliphatic heterocycles. The van der Waals surface area contributed by atoms with Crippen LogP contribution in [0.1, 0.15) is 77.0 Å². The second kappa shape index (κ2) is 11.4. The summed E-state index contributed by atoms with van der Waals surface area (Å²) in [6.45, 7) is -0.214. The minimum absolute atomic E-state index is 0.168. The minimum Gasteiger partial charge on any atom is -0.391 e. The molecule has 6 fully saturated rings. The summed E-state index contributed by atoms with van der Waals surface area (Å²) in [6.07, 6.45) is -0.801. The van der Waals surface area contributed by atoms with Crippen molar-refractivity contribution < 1.29 is 37.4 Å². The maximum absolute atomic E-state index is 14.4. The molecule has 0 radical (unpaired) electrons. The van der Waals surface area contributed by atoms with Gasteiger partial charge in [-0.05, 0) is 64.2 Å². The van der Waals surface area contributed by atoms with E-state index in [1.807, 2.05) is 0 Å². The fourth-order valence-electron chi connectivity index (χ4n) is 7.22. The highest BCUT2D eigenvalue weighted by Gasteiger charge is 2.56. The molecule has 5 aliphatic carbocycles. The number of nitrogens with one attached hydrogen (secondary N) is 3. The minimum atomic E-state index is -1.26. The molecule has 1 heterocycles. The van der Waals surface area contributed by atoms with Gasteiger partial charge in [-0.25, -0.2) is 13.2 Å². The summed E-state index contributed by atoms with van der Waals surface area (Å²) >= 11 is 5.91. The first-order valence-corrected chi connectivity index (χ1v) is 14.4. The molecule has 2 amide bonds. The molecule has 8 nitrogen and oxygen atoms in total. The van der Waals surface area contributed by atoms with Gasteiger partial charge in [0.1, 0.15) is 25.1 Å². The van der Waals surface area contributed by atoms with Gasteiger partial charge in [0.15, 0.2) is 6.10 Å². The van der Waals surface area contributed by atoms with Crippen LogP contribution in [0.3, 0.4) is 0 Å². The summed E-state index contributed by atoms with van der Waals surface area (Å²) in [5, 5.41) is 16.5. The molecule has 8 atom stereocenters. The van der Waals surface area contributed by atoms with Gasteiger partial charge in [-0.1, -0.05) is 0 Å². The number of aliphatic hydroxyl groups excluding tert-OH is 1. The van der Waals surface area contributed by atoms with E-state index in [4.69, 9.17) is 21.2 Å². The molecular formula is C26H39ClF3N3O5. The lowest BCUT2D eigenvalue weighted by atomic mass is 9.59. The lowest BCUT2D eigenvalue weighted by Gasteiger charge is -2.56. The molecule has 0 aromatic carbocycles. The van der Waals surface area contributed by atoms with Crippen LogP contribution >= 0.6 is 11.6 Å². The van der Waals surface area contributed by atoms with Crippen molar-refractivity contribution in [2.75, 3.05) is 6.61 Å². The van der Waals surface area contributed by atoms with E-state index in [0.29, 0.717) is 57.8 Å². The summed E-state index contributed by atoms with van der Waals surface area (Å²) in [7, 11) is 0. The van der Waals surface area contributed by atoms with E-state index < -0.39 is 59.1 Å². The predicted octanol–water partition coefficient (Wildman–Crippen LogP) is 2.69. The molecule has 6 rings (SSSR count). The Morgan fingerprint density at radius 2 is 1.71 bits per heavy atom. The summed E-state index contributed by atoms with van der Waals surface area (Å²) in [5.41, 5.74) is 1.27. The number of carbonyl (C=O) groups excluding carboxylic acids is 2. The molecule has 0 spiro atoms. The Hall–Kier alpha value is -1.14. The third-order valence-corrected chi connectivity index (χ3v) is 10.1. The van der Waals surface area contributed by atoms with Crippen LogP contribution in [0.15, 0.2) is 0 Å². The summed E-state index contributed by atoms with van der Waals surface area (Å²) in [5.74, 6) is -1.55. The molecule has 12 heteroatoms. The first-order chi connectivity index (χ1) is 18.1. The van der Waals surface area contributed by atoms with E-state index >= 15 is 0 Å². The fourth-order valence-corrected chi connectivity index (χ4v) is 7.45. The quantitative estimate of drug-likeness (QED) is 0.354. The van der Waals surface area contributed by atoms with Gasteiger partial charge in [-0.2, -0.15) is 5.48 Å². The first kappa shape index (κ1) is 28.4. The molecule has 8 unspecified atom stereocenters. The predicted molar refractivity (Wildman–Crippen MR) is 133 cm³/mol. The highest BCUT2D eigenvalue weighted by molar-refractivity contribution is 6.21. The monoisotopic (exact) mass is 565 g/mol. The Bertz CT molecular complexity index is 869. The number of aliphatic hydroxyl groups is 1. The average Bonchev–Trinajstić information content (AvgIpc) is 3.36. The van der Waals surface area contributed by atoms with Crippen LogP contribution in [-0.2, 0) is 19.2 Å². The van der Waals surface area contributed by atoms with Crippen molar-refractivity contribution in [2.45, 2.75) is 136 Å². The summed E-state index contributed by atoms with van der Waals surface area (Å²) in [6, 6.07) is -0.567. The van der Waals surface area contributed by atoms with Crippen molar-refractivity contribution in [3.05, 3.63) is 0 Å². The molecule has 216 valence electrons. The number of hydrogen-bond acceptors (Lipinski definition) is 6. The van der Waals surface area contributed by atoms with Gasteiger partial charge in [0.25, 0.3) is 5.91 Å². The second-order valence-electron chi connectivity index (χ2n) is 12.1. The highest BCUT2D eigenvalue weighted by Crippen LogP contribution is 2.47. The van der Waals surface area contributed by atoms with Gasteiger partial charge >= 0.3 is 0 Å². The topological polar surface area (TPSA) is 109 Å². The lowest BCUT2D eigenvalue weighted by molar-refractivity contribution is -0.144. The molecule has 1 saturated heterocycles. The Morgan fingerprint density at radius 1 is 1.00 bits per heavy atom. The number of rotatable bonds is 7. The number of hydroxylamine groups is 1. The third kappa shape index (κ3) is 5.82. The van der Waals surface area contributed by atoms with Crippen LogP contribution in [0.2, 0.25) is 0 Å². The standard InChI is InChI=1S/C26H39ClF3N3O5/c27-15-5-4-14(10-18(15)30)37-13-22(35)31-26-8-6-25(7-9-26,12-21(26)34)32-24(36)20-11-19(33-38-20)23-16(28)2-1-3-17(23)29/h14-21,23,33-34H,1-13H2,(H,31,35)(H,32,36). The number of amides is 2. The van der Waals surface area contributed by atoms with Gasteiger partial charge in [0.2, 0.25) is 5.91 Å². The second-order valence-corrected chi connectivity index (χ2v) is 12.6. The Labute approximate surface area is 226 Å². The normalized spacial score (nSPS) is 47.0. The molecule has 6 aliphatic rings. The van der Waals surface area contributed by atoms with Crippen molar-refractivity contribution in [2.24, 2.45) is 5.92 Å². The molecular weight excluding hydrogens is 527 g/mol. The number of ether oxygens (including phenoxy) is 1. The van der Waals surface area contributed by atoms with Gasteiger partial charge in [-0.15, -0.1) is 11.6 Å². The Balaban J connectivity index is 1.10. The highest BCUT2D eigenvalue weighted by atomic mass is 35.5. The van der Waals surface area contributed by atoms with Gasteiger partial charge in [0, 0.05) is 30.3 Å². The molecule has 2 bridgehead atoms. The van der Waals surface area contributed by atoms with Crippen LogP contribution in [0.5, 0.6) is 0 Å². The molecule has 5 saturated carbocycles. The largest absolute Gasteiger partial charge is 0.391 e. The van der Waals surface area contributed by atoms with Crippen LogP contribution in [0.4, 0.5) is 13.2 Å². The number of alkyl halides is 4. The Kier molecular flexibility index (Phi) is 8.51. The van der Waals surface area contributed by atoms with Crippen LogP contribution < -0.4 is 16.1 Å². The van der Waals surface area contributed by atoms with Crippen molar-refractivity contribution in [1.29, 1.82) is 0 Å². The summed E-state index contributed by atoms with van der Waals surface area (Å²) in [4.78, 5) is 31.2. The molecule has 4 N–H and O–H groups in total. The zero-order valence-corrected chi connectivity index (χ0v) is 22.2.